The van der Waals surface area contributed by atoms with E-state index in [1.807, 2.05) is 28.0 Å². The Morgan fingerprint density at radius 1 is 1.30 bits per heavy atom. The van der Waals surface area contributed by atoms with Gasteiger partial charge in [-0.05, 0) is 46.9 Å². The normalized spacial score (nSPS) is 9.55. The average Bonchev–Trinajstić information content (AvgIpc) is 2.41. The summed E-state index contributed by atoms with van der Waals surface area (Å²) in [5.41, 5.74) is 2.96. The molecule has 1 heterocycles. The largest absolute Gasteiger partial charge is 0.351 e. The second-order valence-electron chi connectivity index (χ2n) is 3.64. The van der Waals surface area contributed by atoms with Crippen LogP contribution in [0.25, 0.3) is 0 Å². The first-order valence-electron chi connectivity index (χ1n) is 5.29. The van der Waals surface area contributed by atoms with Crippen molar-refractivity contribution in [3.8, 4) is 0 Å². The molecular weight excluding hydrogens is 398 g/mol. The van der Waals surface area contributed by atoms with E-state index in [9.17, 15) is 9.18 Å². The second kappa shape index (κ2) is 7.36. The molecule has 5 nitrogen and oxygen atoms in total. The molecule has 1 amide bonds. The van der Waals surface area contributed by atoms with E-state index in [0.29, 0.717) is 5.69 Å². The number of carbonyl (C=O) groups excluding carboxylic acids is 1. The van der Waals surface area contributed by atoms with Gasteiger partial charge in [-0.25, -0.2) is 10.2 Å². The molecule has 0 fully saturated rings. The first kappa shape index (κ1) is 16.6. The van der Waals surface area contributed by atoms with E-state index >= 15 is 0 Å². The van der Waals surface area contributed by atoms with Gasteiger partial charge in [0.05, 0.1) is 23.1 Å². The zero-order valence-corrected chi connectivity index (χ0v) is 13.0. The maximum atomic E-state index is 13.7. The van der Waals surface area contributed by atoms with Gasteiger partial charge in [0.15, 0.2) is 0 Å². The number of nitrogens with zero attached hydrogens (tertiary/aromatic N) is 1. The monoisotopic (exact) mass is 408 g/mol. The van der Waals surface area contributed by atoms with Crippen LogP contribution in [0.5, 0.6) is 0 Å². The number of rotatable bonds is 3. The van der Waals surface area contributed by atoms with Crippen LogP contribution >= 0.6 is 35.0 Å². The van der Waals surface area contributed by atoms with Crippen LogP contribution in [0.1, 0.15) is 10.4 Å². The summed E-state index contributed by atoms with van der Waals surface area (Å²) < 4.78 is 14.5. The van der Waals surface area contributed by atoms with Gasteiger partial charge in [-0.15, -0.1) is 12.4 Å². The van der Waals surface area contributed by atoms with Crippen molar-refractivity contribution in [2.24, 2.45) is 5.84 Å². The molecule has 2 rings (SSSR count). The van der Waals surface area contributed by atoms with E-state index in [1.165, 1.54) is 24.5 Å². The Bertz CT molecular complexity index is 626. The van der Waals surface area contributed by atoms with Gasteiger partial charge in [-0.1, -0.05) is 0 Å². The molecule has 0 saturated heterocycles. The lowest BCUT2D eigenvalue weighted by Gasteiger charge is -2.11. The van der Waals surface area contributed by atoms with Crippen LogP contribution in [0, 0.1) is 9.39 Å². The highest BCUT2D eigenvalue weighted by Crippen LogP contribution is 2.23. The summed E-state index contributed by atoms with van der Waals surface area (Å²) in [6.45, 7) is 0. The Morgan fingerprint density at radius 3 is 2.70 bits per heavy atom. The van der Waals surface area contributed by atoms with Crippen LogP contribution in [0.2, 0.25) is 0 Å². The van der Waals surface area contributed by atoms with E-state index in [4.69, 9.17) is 5.84 Å². The van der Waals surface area contributed by atoms with Crippen LogP contribution in [0.3, 0.4) is 0 Å². The summed E-state index contributed by atoms with van der Waals surface area (Å²) in [6, 6.07) is 6.23. The number of nitrogen functional groups attached to an aromatic ring is 1. The van der Waals surface area contributed by atoms with Crippen molar-refractivity contribution < 1.29 is 9.18 Å². The van der Waals surface area contributed by atoms with E-state index in [2.05, 4.69) is 10.3 Å². The topological polar surface area (TPSA) is 80.0 Å². The van der Waals surface area contributed by atoms with Gasteiger partial charge in [-0.3, -0.25) is 15.2 Å². The molecule has 0 saturated carbocycles. The molecule has 0 atom stereocenters. The van der Waals surface area contributed by atoms with Crippen LogP contribution in [0.4, 0.5) is 15.8 Å². The Balaban J connectivity index is 0.00000200. The van der Waals surface area contributed by atoms with Crippen LogP contribution in [-0.2, 0) is 0 Å². The number of hydrogen-bond acceptors (Lipinski definition) is 4. The van der Waals surface area contributed by atoms with Gasteiger partial charge < -0.3 is 5.32 Å². The molecule has 20 heavy (non-hydrogen) atoms. The first-order chi connectivity index (χ1) is 9.11. The summed E-state index contributed by atoms with van der Waals surface area (Å²) in [5.74, 6) is 4.21. The maximum absolute atomic E-state index is 13.7. The van der Waals surface area contributed by atoms with Gasteiger partial charge in [0.1, 0.15) is 5.82 Å². The fourth-order valence-corrected chi connectivity index (χ4v) is 1.96. The minimum Gasteiger partial charge on any atom is -0.351 e. The number of benzene rings is 1. The highest BCUT2D eigenvalue weighted by Gasteiger charge is 2.11. The zero-order chi connectivity index (χ0) is 13.8. The summed E-state index contributed by atoms with van der Waals surface area (Å²) in [5, 5.41) is 2.83. The van der Waals surface area contributed by atoms with Crippen molar-refractivity contribution in [2.45, 2.75) is 0 Å². The minimum atomic E-state index is -0.476. The van der Waals surface area contributed by atoms with Crippen molar-refractivity contribution in [1.82, 2.24) is 10.4 Å². The van der Waals surface area contributed by atoms with Crippen LogP contribution in [0.15, 0.2) is 36.7 Å². The number of pyridine rings is 1. The third kappa shape index (κ3) is 3.78. The molecule has 1 aromatic heterocycles. The number of nitrogens with one attached hydrogen (secondary N) is 2. The highest BCUT2D eigenvalue weighted by molar-refractivity contribution is 14.1. The number of anilines is 2. The molecule has 2 aromatic rings. The number of hydrazine groups is 1. The Hall–Kier alpha value is -1.45. The fourth-order valence-electron chi connectivity index (χ4n) is 1.51. The zero-order valence-electron chi connectivity index (χ0n) is 10.1. The van der Waals surface area contributed by atoms with Gasteiger partial charge in [0.25, 0.3) is 5.91 Å². The maximum Gasteiger partial charge on any atom is 0.267 e. The smallest absolute Gasteiger partial charge is 0.267 e. The molecular formula is C12H11ClFIN4O. The van der Waals surface area contributed by atoms with Crippen molar-refractivity contribution in [1.29, 1.82) is 0 Å². The number of halogens is 3. The lowest BCUT2D eigenvalue weighted by atomic mass is 10.2. The first-order valence-corrected chi connectivity index (χ1v) is 6.36. The SMILES string of the molecule is Cl.NNC(=O)c1ccncc1Nc1ccc(I)cc1F. The van der Waals surface area contributed by atoms with Crippen molar-refractivity contribution in [3.05, 3.63) is 51.6 Å². The van der Waals surface area contributed by atoms with Gasteiger partial charge in [0, 0.05) is 9.77 Å². The van der Waals surface area contributed by atoms with Crippen molar-refractivity contribution in [3.63, 3.8) is 0 Å². The average molecular weight is 409 g/mol. The number of amides is 1. The second-order valence-corrected chi connectivity index (χ2v) is 4.89. The molecule has 1 aromatic carbocycles. The number of aromatic nitrogens is 1. The quantitative estimate of drug-likeness (QED) is 0.316. The molecule has 4 N–H and O–H groups in total. The van der Waals surface area contributed by atoms with E-state index in [0.717, 1.165) is 3.57 Å². The van der Waals surface area contributed by atoms with Gasteiger partial charge in [0.2, 0.25) is 0 Å². The Labute approximate surface area is 134 Å². The van der Waals surface area contributed by atoms with Crippen molar-refractivity contribution in [2.75, 3.05) is 5.32 Å². The molecule has 0 bridgehead atoms. The molecule has 0 aliphatic heterocycles. The summed E-state index contributed by atoms with van der Waals surface area (Å²) >= 11 is 2.02. The van der Waals surface area contributed by atoms with Crippen LogP contribution < -0.4 is 16.6 Å². The number of hydrogen-bond donors (Lipinski definition) is 3. The lowest BCUT2D eigenvalue weighted by molar-refractivity contribution is 0.0954. The third-order valence-electron chi connectivity index (χ3n) is 2.40. The predicted molar refractivity (Wildman–Crippen MR) is 85.5 cm³/mol. The third-order valence-corrected chi connectivity index (χ3v) is 3.07. The fraction of sp³-hybridized carbons (Fsp3) is 0. The van der Waals surface area contributed by atoms with Gasteiger partial charge in [-0.2, -0.15) is 0 Å². The number of nitrogens with two attached hydrogens (primary N) is 1. The van der Waals surface area contributed by atoms with E-state index < -0.39 is 11.7 Å². The minimum absolute atomic E-state index is 0. The molecule has 0 aliphatic rings. The van der Waals surface area contributed by atoms with E-state index in [1.54, 1.807) is 12.1 Å². The predicted octanol–water partition coefficient (Wildman–Crippen LogP) is 2.59. The molecule has 8 heteroatoms. The van der Waals surface area contributed by atoms with E-state index in [-0.39, 0.29) is 23.7 Å². The molecule has 0 radical (unpaired) electrons. The number of carbonyl (C=O) groups is 1. The molecule has 106 valence electrons. The molecule has 0 aliphatic carbocycles. The lowest BCUT2D eigenvalue weighted by Crippen LogP contribution is -2.30. The molecule has 0 unspecified atom stereocenters. The van der Waals surface area contributed by atoms with Crippen molar-refractivity contribution >= 4 is 52.3 Å². The summed E-state index contributed by atoms with van der Waals surface area (Å²) in [6.07, 6.45) is 2.89. The standard InChI is InChI=1S/C12H10FIN4O.ClH/c13-9-5-7(14)1-2-10(9)17-11-6-16-4-3-8(11)12(19)18-15;/h1-6,17H,15H2,(H,18,19);1H. The Kier molecular flexibility index (Phi) is 6.11. The Morgan fingerprint density at radius 2 is 2.05 bits per heavy atom. The summed E-state index contributed by atoms with van der Waals surface area (Å²) in [4.78, 5) is 15.5. The summed E-state index contributed by atoms with van der Waals surface area (Å²) in [7, 11) is 0. The van der Waals surface area contributed by atoms with Gasteiger partial charge >= 0.3 is 0 Å². The van der Waals surface area contributed by atoms with Crippen LogP contribution in [-0.4, -0.2) is 10.9 Å². The highest BCUT2D eigenvalue weighted by atomic mass is 127. The molecule has 0 spiro atoms.